The maximum atomic E-state index is 10.6. The van der Waals surface area contributed by atoms with Crippen molar-refractivity contribution in [1.82, 2.24) is 0 Å². The Balaban J connectivity index is 2.41. The van der Waals surface area contributed by atoms with Crippen molar-refractivity contribution in [2.24, 2.45) is 0 Å². The standard InChI is InChI=1S/C11H15NO4S/c12-10(11(15)16)8-6-5-7(17-8)3-1-2-4-9(13)14/h5-6,10H,1-4,12H2,(H,13,14)(H,15,16)/p-1/t10-/m1/s1. The lowest BCUT2D eigenvalue weighted by Crippen LogP contribution is -2.60. The molecule has 0 fully saturated rings. The Hall–Kier alpha value is -1.40. The quantitative estimate of drug-likeness (QED) is 0.583. The molecule has 1 aromatic rings. The van der Waals surface area contributed by atoms with Crippen LogP contribution < -0.4 is 15.9 Å². The number of hydrogen-bond acceptors (Lipinski definition) is 5. The van der Waals surface area contributed by atoms with E-state index >= 15 is 0 Å². The minimum absolute atomic E-state index is 0.0647. The molecule has 1 rings (SSSR count). The summed E-state index contributed by atoms with van der Waals surface area (Å²) < 4.78 is 0. The Morgan fingerprint density at radius 2 is 2.00 bits per heavy atom. The zero-order valence-electron chi connectivity index (χ0n) is 9.31. The van der Waals surface area contributed by atoms with Gasteiger partial charge in [-0.1, -0.05) is 0 Å². The number of unbranched alkanes of at least 4 members (excludes halogenated alkanes) is 1. The minimum atomic E-state index is -1.18. The fourth-order valence-electron chi connectivity index (χ4n) is 1.40. The van der Waals surface area contributed by atoms with Crippen LogP contribution in [0, 0.1) is 0 Å². The van der Waals surface area contributed by atoms with E-state index in [1.807, 2.05) is 6.07 Å². The SMILES string of the molecule is [NH3+][C@@H](C(=O)[O-])c1ccc(CCCCC(=O)[O-])s1. The normalized spacial score (nSPS) is 12.3. The highest BCUT2D eigenvalue weighted by atomic mass is 32.1. The molecule has 1 aromatic heterocycles. The summed E-state index contributed by atoms with van der Waals surface area (Å²) in [7, 11) is 0. The number of aryl methyl sites for hydroxylation is 1. The number of quaternary nitrogens is 1. The van der Waals surface area contributed by atoms with E-state index in [2.05, 4.69) is 5.73 Å². The second-order valence-electron chi connectivity index (χ2n) is 3.75. The minimum Gasteiger partial charge on any atom is -0.550 e. The third kappa shape index (κ3) is 4.54. The highest BCUT2D eigenvalue weighted by Crippen LogP contribution is 2.22. The van der Waals surface area contributed by atoms with Gasteiger partial charge in [-0.25, -0.2) is 0 Å². The van der Waals surface area contributed by atoms with E-state index in [0.29, 0.717) is 11.3 Å². The third-order valence-corrected chi connectivity index (χ3v) is 3.62. The van der Waals surface area contributed by atoms with Gasteiger partial charge in [-0.15, -0.1) is 11.3 Å². The lowest BCUT2D eigenvalue weighted by Gasteiger charge is -2.05. The molecule has 0 bridgehead atoms. The van der Waals surface area contributed by atoms with Crippen LogP contribution in [0.25, 0.3) is 0 Å². The molecule has 6 heteroatoms. The first kappa shape index (κ1) is 13.7. The van der Waals surface area contributed by atoms with E-state index in [1.54, 1.807) is 6.07 Å². The van der Waals surface area contributed by atoms with Crippen molar-refractivity contribution in [3.05, 3.63) is 21.9 Å². The molecule has 0 saturated carbocycles. The summed E-state index contributed by atoms with van der Waals surface area (Å²) in [5.74, 6) is -2.22. The van der Waals surface area contributed by atoms with E-state index in [0.717, 1.165) is 17.7 Å². The number of rotatable bonds is 7. The molecular weight excluding hydrogens is 242 g/mol. The molecule has 0 radical (unpaired) electrons. The van der Waals surface area contributed by atoms with Crippen molar-refractivity contribution in [3.8, 4) is 0 Å². The van der Waals surface area contributed by atoms with E-state index < -0.39 is 18.0 Å². The monoisotopic (exact) mass is 256 g/mol. The van der Waals surface area contributed by atoms with Gasteiger partial charge in [0.05, 0.1) is 4.88 Å². The average Bonchev–Trinajstić information content (AvgIpc) is 2.71. The Bertz CT molecular complexity index is 402. The zero-order chi connectivity index (χ0) is 12.8. The van der Waals surface area contributed by atoms with Gasteiger partial charge < -0.3 is 25.5 Å². The summed E-state index contributed by atoms with van der Waals surface area (Å²) in [6, 6.07) is 2.74. The van der Waals surface area contributed by atoms with E-state index in [1.165, 1.54) is 11.3 Å². The van der Waals surface area contributed by atoms with Gasteiger partial charge in [0.25, 0.3) is 0 Å². The first-order valence-corrected chi connectivity index (χ1v) is 6.14. The molecule has 0 unspecified atom stereocenters. The van der Waals surface area contributed by atoms with E-state index in [4.69, 9.17) is 0 Å². The maximum absolute atomic E-state index is 10.6. The van der Waals surface area contributed by atoms with Crippen LogP contribution in [0.3, 0.4) is 0 Å². The van der Waals surface area contributed by atoms with Crippen LogP contribution in [0.4, 0.5) is 0 Å². The van der Waals surface area contributed by atoms with Crippen molar-refractivity contribution < 1.29 is 25.5 Å². The van der Waals surface area contributed by atoms with Crippen LogP contribution >= 0.6 is 11.3 Å². The average molecular weight is 256 g/mol. The molecule has 0 spiro atoms. The van der Waals surface area contributed by atoms with Crippen LogP contribution in [0.2, 0.25) is 0 Å². The summed E-state index contributed by atoms with van der Waals surface area (Å²) in [4.78, 5) is 22.5. The number of carboxylic acid groups (broad SMARTS) is 2. The molecule has 0 saturated heterocycles. The lowest BCUT2D eigenvalue weighted by atomic mass is 10.2. The second kappa shape index (κ2) is 6.36. The van der Waals surface area contributed by atoms with Crippen LogP contribution in [-0.4, -0.2) is 11.9 Å². The second-order valence-corrected chi connectivity index (χ2v) is 4.95. The molecule has 0 amide bonds. The topological polar surface area (TPSA) is 108 Å². The van der Waals surface area contributed by atoms with Crippen molar-refractivity contribution >= 4 is 23.3 Å². The van der Waals surface area contributed by atoms with Gasteiger partial charge in [0, 0.05) is 10.8 Å². The molecule has 0 aromatic carbocycles. The molecule has 1 atom stereocenters. The maximum Gasteiger partial charge on any atom is 0.159 e. The van der Waals surface area contributed by atoms with Gasteiger partial charge in [-0.3, -0.25) is 0 Å². The van der Waals surface area contributed by atoms with Crippen LogP contribution in [-0.2, 0) is 16.0 Å². The fraction of sp³-hybridized carbons (Fsp3) is 0.455. The molecule has 0 aliphatic heterocycles. The molecule has 1 heterocycles. The van der Waals surface area contributed by atoms with E-state index in [9.17, 15) is 19.8 Å². The number of hydrogen-bond donors (Lipinski definition) is 1. The highest BCUT2D eigenvalue weighted by molar-refractivity contribution is 7.12. The lowest BCUT2D eigenvalue weighted by molar-refractivity contribution is -0.442. The molecule has 94 valence electrons. The number of carboxylic acids is 2. The predicted octanol–water partition coefficient (Wildman–Crippen LogP) is -1.76. The largest absolute Gasteiger partial charge is 0.550 e. The summed E-state index contributed by atoms with van der Waals surface area (Å²) in [5.41, 5.74) is 3.50. The van der Waals surface area contributed by atoms with Gasteiger partial charge in [-0.05, 0) is 37.8 Å². The summed E-state index contributed by atoms with van der Waals surface area (Å²) >= 11 is 1.38. The molecule has 3 N–H and O–H groups in total. The number of aliphatic carboxylic acids is 2. The van der Waals surface area contributed by atoms with Gasteiger partial charge >= 0.3 is 0 Å². The summed E-state index contributed by atoms with van der Waals surface area (Å²) in [6.45, 7) is 0. The number of thiophene rings is 1. The van der Waals surface area contributed by atoms with Gasteiger partial charge in [0.2, 0.25) is 0 Å². The first-order chi connectivity index (χ1) is 8.00. The van der Waals surface area contributed by atoms with Crippen molar-refractivity contribution in [1.29, 1.82) is 0 Å². The molecule has 0 aliphatic rings. The van der Waals surface area contributed by atoms with Crippen molar-refractivity contribution in [3.63, 3.8) is 0 Å². The van der Waals surface area contributed by atoms with Crippen molar-refractivity contribution in [2.45, 2.75) is 31.7 Å². The first-order valence-electron chi connectivity index (χ1n) is 5.33. The Morgan fingerprint density at radius 3 is 2.59 bits per heavy atom. The van der Waals surface area contributed by atoms with Gasteiger partial charge in [-0.2, -0.15) is 0 Å². The van der Waals surface area contributed by atoms with Crippen LogP contribution in [0.15, 0.2) is 12.1 Å². The van der Waals surface area contributed by atoms with Crippen molar-refractivity contribution in [2.75, 3.05) is 0 Å². The molecule has 0 aliphatic carbocycles. The van der Waals surface area contributed by atoms with Gasteiger partial charge in [0.1, 0.15) is 5.97 Å². The summed E-state index contributed by atoms with van der Waals surface area (Å²) in [6.07, 6.45) is 2.14. The Kier molecular flexibility index (Phi) is 5.11. The third-order valence-electron chi connectivity index (χ3n) is 2.36. The molecular formula is C11H14NO4S-. The fourth-order valence-corrected chi connectivity index (χ4v) is 2.46. The highest BCUT2D eigenvalue weighted by Gasteiger charge is 2.13. The molecule has 17 heavy (non-hydrogen) atoms. The van der Waals surface area contributed by atoms with Gasteiger partial charge in [0.15, 0.2) is 6.04 Å². The number of carbonyl (C=O) groups is 2. The smallest absolute Gasteiger partial charge is 0.159 e. The zero-order valence-corrected chi connectivity index (χ0v) is 10.1. The van der Waals surface area contributed by atoms with Crippen LogP contribution in [0.1, 0.15) is 35.1 Å². The Morgan fingerprint density at radius 1 is 1.29 bits per heavy atom. The number of carbonyl (C=O) groups excluding carboxylic acids is 2. The Labute approximate surface area is 103 Å². The van der Waals surface area contributed by atoms with Crippen LogP contribution in [0.5, 0.6) is 0 Å². The predicted molar refractivity (Wildman–Crippen MR) is 57.5 cm³/mol. The summed E-state index contributed by atoms with van der Waals surface area (Å²) in [5, 5.41) is 20.8. The van der Waals surface area contributed by atoms with E-state index in [-0.39, 0.29) is 6.42 Å². The molecule has 5 nitrogen and oxygen atoms in total.